The summed E-state index contributed by atoms with van der Waals surface area (Å²) >= 11 is 0. The fraction of sp³-hybridized carbons (Fsp3) is 0.300. The summed E-state index contributed by atoms with van der Waals surface area (Å²) in [6, 6.07) is 7.58. The van der Waals surface area contributed by atoms with Crippen molar-refractivity contribution in [3.05, 3.63) is 24.3 Å². The van der Waals surface area contributed by atoms with Gasteiger partial charge in [0.25, 0.3) is 0 Å². The Morgan fingerprint density at radius 3 is 2.43 bits per heavy atom. The van der Waals surface area contributed by atoms with Gasteiger partial charge in [0.2, 0.25) is 0 Å². The minimum atomic E-state index is 0.840. The number of hydrogen-bond donors (Lipinski definition) is 1. The van der Waals surface area contributed by atoms with E-state index < -0.39 is 0 Å². The number of nitrogens with zero attached hydrogens (tertiary/aromatic N) is 2. The SMILES string of the molecule is COc1ccc(N/N=C/N(C)C)cc1. The first-order chi connectivity index (χ1) is 6.72. The predicted octanol–water partition coefficient (Wildman–Crippen LogP) is 1.61. The molecule has 0 unspecified atom stereocenters. The van der Waals surface area contributed by atoms with E-state index in [0.717, 1.165) is 11.4 Å². The molecule has 0 amide bonds. The maximum Gasteiger partial charge on any atom is 0.119 e. The Bertz CT molecular complexity index is 293. The Hall–Kier alpha value is -1.71. The minimum absolute atomic E-state index is 0.840. The fourth-order valence-corrected chi connectivity index (χ4v) is 0.884. The highest BCUT2D eigenvalue weighted by Crippen LogP contribution is 2.14. The molecule has 0 aliphatic heterocycles. The molecule has 4 heteroatoms. The largest absolute Gasteiger partial charge is 0.497 e. The molecule has 1 N–H and O–H groups in total. The van der Waals surface area contributed by atoms with Crippen molar-refractivity contribution in [1.82, 2.24) is 4.90 Å². The number of benzene rings is 1. The van der Waals surface area contributed by atoms with E-state index in [1.165, 1.54) is 0 Å². The average molecular weight is 193 g/mol. The molecular weight excluding hydrogens is 178 g/mol. The van der Waals surface area contributed by atoms with Crippen molar-refractivity contribution in [3.63, 3.8) is 0 Å². The van der Waals surface area contributed by atoms with Crippen LogP contribution in [0.2, 0.25) is 0 Å². The van der Waals surface area contributed by atoms with Crippen molar-refractivity contribution in [2.75, 3.05) is 26.6 Å². The van der Waals surface area contributed by atoms with Crippen LogP contribution in [0.5, 0.6) is 5.75 Å². The molecule has 0 radical (unpaired) electrons. The van der Waals surface area contributed by atoms with Crippen LogP contribution in [0.3, 0.4) is 0 Å². The molecule has 1 aromatic carbocycles. The maximum atomic E-state index is 5.04. The van der Waals surface area contributed by atoms with Crippen molar-refractivity contribution >= 4 is 12.0 Å². The third kappa shape index (κ3) is 3.35. The standard InChI is InChI=1S/C10H15N3O/c1-13(2)8-11-12-9-4-6-10(14-3)7-5-9/h4-8,12H,1-3H3/b11-8+. The number of ether oxygens (including phenoxy) is 1. The topological polar surface area (TPSA) is 36.9 Å². The van der Waals surface area contributed by atoms with Gasteiger partial charge in [0.15, 0.2) is 0 Å². The highest BCUT2D eigenvalue weighted by molar-refractivity contribution is 5.57. The summed E-state index contributed by atoms with van der Waals surface area (Å²) in [5.41, 5.74) is 3.83. The monoisotopic (exact) mass is 193 g/mol. The zero-order chi connectivity index (χ0) is 10.4. The van der Waals surface area contributed by atoms with E-state index in [1.54, 1.807) is 13.4 Å². The summed E-state index contributed by atoms with van der Waals surface area (Å²) in [5.74, 6) is 0.840. The number of rotatable bonds is 4. The minimum Gasteiger partial charge on any atom is -0.497 e. The number of nitrogens with one attached hydrogen (secondary N) is 1. The molecule has 14 heavy (non-hydrogen) atoms. The Balaban J connectivity index is 2.52. The number of methoxy groups -OCH3 is 1. The molecule has 4 nitrogen and oxygen atoms in total. The quantitative estimate of drug-likeness (QED) is 0.448. The van der Waals surface area contributed by atoms with E-state index in [0.29, 0.717) is 0 Å². The van der Waals surface area contributed by atoms with Crippen LogP contribution >= 0.6 is 0 Å². The van der Waals surface area contributed by atoms with Crippen LogP contribution in [-0.2, 0) is 0 Å². The predicted molar refractivity (Wildman–Crippen MR) is 58.8 cm³/mol. The Kier molecular flexibility index (Phi) is 3.79. The fourth-order valence-electron chi connectivity index (χ4n) is 0.884. The van der Waals surface area contributed by atoms with Crippen LogP contribution < -0.4 is 10.2 Å². The Morgan fingerprint density at radius 1 is 1.29 bits per heavy atom. The van der Waals surface area contributed by atoms with Crippen LogP contribution in [0.25, 0.3) is 0 Å². The molecule has 1 aromatic rings. The number of hydrogen-bond acceptors (Lipinski definition) is 3. The van der Waals surface area contributed by atoms with Crippen LogP contribution in [0.4, 0.5) is 5.69 Å². The second kappa shape index (κ2) is 5.11. The van der Waals surface area contributed by atoms with E-state index in [2.05, 4.69) is 10.5 Å². The highest BCUT2D eigenvalue weighted by atomic mass is 16.5. The molecule has 0 saturated heterocycles. The average Bonchev–Trinajstić information content (AvgIpc) is 2.18. The molecule has 0 atom stereocenters. The van der Waals surface area contributed by atoms with Gasteiger partial charge in [-0.05, 0) is 24.3 Å². The summed E-state index contributed by atoms with van der Waals surface area (Å²) in [6.45, 7) is 0. The number of hydrazone groups is 1. The molecule has 0 aliphatic carbocycles. The van der Waals surface area contributed by atoms with E-state index >= 15 is 0 Å². The summed E-state index contributed by atoms with van der Waals surface area (Å²) in [5, 5.41) is 4.01. The van der Waals surface area contributed by atoms with Crippen molar-refractivity contribution < 1.29 is 4.74 Å². The van der Waals surface area contributed by atoms with Crippen molar-refractivity contribution in [1.29, 1.82) is 0 Å². The van der Waals surface area contributed by atoms with Gasteiger partial charge >= 0.3 is 0 Å². The van der Waals surface area contributed by atoms with E-state index in [-0.39, 0.29) is 0 Å². The van der Waals surface area contributed by atoms with Gasteiger partial charge in [-0.2, -0.15) is 5.10 Å². The van der Waals surface area contributed by atoms with Crippen LogP contribution in [0, 0.1) is 0 Å². The van der Waals surface area contributed by atoms with Gasteiger partial charge in [0.05, 0.1) is 12.8 Å². The van der Waals surface area contributed by atoms with Crippen LogP contribution in [0.1, 0.15) is 0 Å². The van der Waals surface area contributed by atoms with Crippen LogP contribution in [0.15, 0.2) is 29.4 Å². The Labute approximate surface area is 84.2 Å². The van der Waals surface area contributed by atoms with Gasteiger partial charge in [-0.3, -0.25) is 5.43 Å². The second-order valence-corrected chi connectivity index (χ2v) is 3.05. The third-order valence-electron chi connectivity index (χ3n) is 1.57. The lowest BCUT2D eigenvalue weighted by atomic mass is 10.3. The summed E-state index contributed by atoms with van der Waals surface area (Å²) < 4.78 is 5.04. The van der Waals surface area contributed by atoms with Gasteiger partial charge in [-0.1, -0.05) is 0 Å². The normalized spacial score (nSPS) is 10.2. The second-order valence-electron chi connectivity index (χ2n) is 3.05. The zero-order valence-electron chi connectivity index (χ0n) is 8.69. The van der Waals surface area contributed by atoms with Gasteiger partial charge < -0.3 is 9.64 Å². The smallest absolute Gasteiger partial charge is 0.119 e. The van der Waals surface area contributed by atoms with E-state index in [1.807, 2.05) is 43.3 Å². The molecule has 0 bridgehead atoms. The summed E-state index contributed by atoms with van der Waals surface area (Å²) in [7, 11) is 5.48. The zero-order valence-corrected chi connectivity index (χ0v) is 8.69. The van der Waals surface area contributed by atoms with Crippen molar-refractivity contribution in [2.24, 2.45) is 5.10 Å². The molecular formula is C10H15N3O. The first-order valence-electron chi connectivity index (χ1n) is 4.32. The molecule has 0 aromatic heterocycles. The summed E-state index contributed by atoms with van der Waals surface area (Å²) in [6.07, 6.45) is 1.70. The first kappa shape index (κ1) is 10.4. The highest BCUT2D eigenvalue weighted by Gasteiger charge is 1.90. The lowest BCUT2D eigenvalue weighted by Crippen LogP contribution is -2.09. The van der Waals surface area contributed by atoms with Gasteiger partial charge in [0.1, 0.15) is 12.1 Å². The lowest BCUT2D eigenvalue weighted by Gasteiger charge is -2.04. The van der Waals surface area contributed by atoms with Crippen molar-refractivity contribution in [2.45, 2.75) is 0 Å². The van der Waals surface area contributed by atoms with E-state index in [4.69, 9.17) is 4.74 Å². The van der Waals surface area contributed by atoms with E-state index in [9.17, 15) is 0 Å². The molecule has 0 heterocycles. The molecule has 1 rings (SSSR count). The van der Waals surface area contributed by atoms with Gasteiger partial charge in [-0.15, -0.1) is 0 Å². The van der Waals surface area contributed by atoms with Crippen molar-refractivity contribution in [3.8, 4) is 5.75 Å². The lowest BCUT2D eigenvalue weighted by molar-refractivity contribution is 0.415. The van der Waals surface area contributed by atoms with Gasteiger partial charge in [0, 0.05) is 14.1 Å². The Morgan fingerprint density at radius 2 is 1.93 bits per heavy atom. The molecule has 0 saturated carbocycles. The third-order valence-corrected chi connectivity index (χ3v) is 1.57. The maximum absolute atomic E-state index is 5.04. The first-order valence-corrected chi connectivity index (χ1v) is 4.32. The molecule has 0 aliphatic rings. The molecule has 0 spiro atoms. The van der Waals surface area contributed by atoms with Gasteiger partial charge in [-0.25, -0.2) is 0 Å². The number of anilines is 1. The molecule has 0 fully saturated rings. The molecule has 76 valence electrons. The summed E-state index contributed by atoms with van der Waals surface area (Å²) in [4.78, 5) is 1.86. The van der Waals surface area contributed by atoms with Crippen LogP contribution in [-0.4, -0.2) is 32.4 Å².